The van der Waals surface area contributed by atoms with Crippen LogP contribution in [-0.2, 0) is 0 Å². The highest BCUT2D eigenvalue weighted by molar-refractivity contribution is 7.13. The van der Waals surface area contributed by atoms with Gasteiger partial charge in [-0.25, -0.2) is 4.98 Å². The van der Waals surface area contributed by atoms with Crippen molar-refractivity contribution in [3.05, 3.63) is 40.9 Å². The number of hydrogen-bond acceptors (Lipinski definition) is 4. The van der Waals surface area contributed by atoms with E-state index in [2.05, 4.69) is 15.6 Å². The Balaban J connectivity index is 1.68. The van der Waals surface area contributed by atoms with Crippen molar-refractivity contribution < 1.29 is 9.59 Å². The average molecular weight is 329 g/mol. The molecule has 2 amide bonds. The third-order valence-corrected chi connectivity index (χ3v) is 4.47. The lowest BCUT2D eigenvalue weighted by molar-refractivity contribution is 0.0942. The summed E-state index contributed by atoms with van der Waals surface area (Å²) in [6, 6.07) is 7.68. The summed E-state index contributed by atoms with van der Waals surface area (Å²) in [4.78, 5) is 28.2. The Hall–Kier alpha value is -2.21. The van der Waals surface area contributed by atoms with Crippen molar-refractivity contribution in [2.75, 3.05) is 6.54 Å². The summed E-state index contributed by atoms with van der Waals surface area (Å²) in [5.74, 6) is -0.174. The monoisotopic (exact) mass is 329 g/mol. The van der Waals surface area contributed by atoms with Gasteiger partial charge in [-0.15, -0.1) is 11.3 Å². The molecular formula is C17H19N3O2S. The minimum absolute atomic E-state index is 0.0298. The molecule has 6 heteroatoms. The normalized spacial score (nSPS) is 13.6. The number of nitrogens with one attached hydrogen (secondary N) is 2. The Morgan fingerprint density at radius 1 is 1.22 bits per heavy atom. The van der Waals surface area contributed by atoms with E-state index in [4.69, 9.17) is 0 Å². The van der Waals surface area contributed by atoms with E-state index in [1.807, 2.05) is 19.1 Å². The van der Waals surface area contributed by atoms with Crippen LogP contribution >= 0.6 is 11.3 Å². The number of thiazole rings is 1. The second kappa shape index (κ2) is 6.91. The number of hydrogen-bond donors (Lipinski definition) is 2. The molecule has 0 saturated heterocycles. The summed E-state index contributed by atoms with van der Waals surface area (Å²) < 4.78 is 0. The minimum Gasteiger partial charge on any atom is -0.351 e. The molecule has 2 aromatic rings. The van der Waals surface area contributed by atoms with E-state index in [1.54, 1.807) is 17.5 Å². The Bertz CT molecular complexity index is 705. The minimum atomic E-state index is -0.144. The largest absolute Gasteiger partial charge is 0.351 e. The van der Waals surface area contributed by atoms with Crippen LogP contribution < -0.4 is 10.6 Å². The molecule has 0 bridgehead atoms. The predicted molar refractivity (Wildman–Crippen MR) is 90.7 cm³/mol. The highest BCUT2D eigenvalue weighted by Crippen LogP contribution is 2.24. The molecule has 2 N–H and O–H groups in total. The van der Waals surface area contributed by atoms with Gasteiger partial charge < -0.3 is 10.6 Å². The molecule has 1 aliphatic rings. The lowest BCUT2D eigenvalue weighted by Gasteiger charge is -2.04. The molecule has 0 spiro atoms. The Morgan fingerprint density at radius 2 is 1.96 bits per heavy atom. The second-order valence-electron chi connectivity index (χ2n) is 5.62. The zero-order chi connectivity index (χ0) is 16.2. The van der Waals surface area contributed by atoms with Gasteiger partial charge in [0.25, 0.3) is 11.8 Å². The van der Waals surface area contributed by atoms with Gasteiger partial charge in [-0.2, -0.15) is 0 Å². The molecule has 1 heterocycles. The smallest absolute Gasteiger partial charge is 0.270 e. The van der Waals surface area contributed by atoms with Gasteiger partial charge in [0.2, 0.25) is 0 Å². The fourth-order valence-corrected chi connectivity index (χ4v) is 2.91. The maximum Gasteiger partial charge on any atom is 0.270 e. The number of benzene rings is 1. The van der Waals surface area contributed by atoms with E-state index < -0.39 is 0 Å². The van der Waals surface area contributed by atoms with Crippen LogP contribution in [0.5, 0.6) is 0 Å². The predicted octanol–water partition coefficient (Wildman–Crippen LogP) is 2.84. The SMILES string of the molecule is CCCNC(=O)c1csc(-c2ccc(C(=O)NC3CC3)cc2)n1. The van der Waals surface area contributed by atoms with Crippen LogP contribution in [-0.4, -0.2) is 29.4 Å². The van der Waals surface area contributed by atoms with Crippen LogP contribution in [0.3, 0.4) is 0 Å². The highest BCUT2D eigenvalue weighted by atomic mass is 32.1. The topological polar surface area (TPSA) is 71.1 Å². The van der Waals surface area contributed by atoms with Crippen LogP contribution in [0.25, 0.3) is 10.6 Å². The van der Waals surface area contributed by atoms with E-state index in [0.717, 1.165) is 29.8 Å². The van der Waals surface area contributed by atoms with Crippen molar-refractivity contribution in [2.24, 2.45) is 0 Å². The summed E-state index contributed by atoms with van der Waals surface area (Å²) >= 11 is 1.43. The van der Waals surface area contributed by atoms with Gasteiger partial charge >= 0.3 is 0 Å². The van der Waals surface area contributed by atoms with Crippen molar-refractivity contribution >= 4 is 23.2 Å². The summed E-state index contributed by atoms with van der Waals surface area (Å²) in [5, 5.41) is 8.31. The zero-order valence-electron chi connectivity index (χ0n) is 13.0. The summed E-state index contributed by atoms with van der Waals surface area (Å²) in [6.45, 7) is 2.66. The first-order valence-corrected chi connectivity index (χ1v) is 8.70. The lowest BCUT2D eigenvalue weighted by atomic mass is 10.1. The number of amides is 2. The van der Waals surface area contributed by atoms with Crippen LogP contribution in [0, 0.1) is 0 Å². The fraction of sp³-hybridized carbons (Fsp3) is 0.353. The number of carbonyl (C=O) groups is 2. The van der Waals surface area contributed by atoms with Crippen molar-refractivity contribution in [1.82, 2.24) is 15.6 Å². The van der Waals surface area contributed by atoms with Crippen molar-refractivity contribution in [3.63, 3.8) is 0 Å². The molecule has 0 aliphatic heterocycles. The van der Waals surface area contributed by atoms with Gasteiger partial charge in [-0.3, -0.25) is 9.59 Å². The van der Waals surface area contributed by atoms with E-state index >= 15 is 0 Å². The summed E-state index contributed by atoms with van der Waals surface area (Å²) in [6.07, 6.45) is 3.05. The van der Waals surface area contributed by atoms with E-state index in [9.17, 15) is 9.59 Å². The van der Waals surface area contributed by atoms with Crippen molar-refractivity contribution in [3.8, 4) is 10.6 Å². The zero-order valence-corrected chi connectivity index (χ0v) is 13.8. The standard InChI is InChI=1S/C17H19N3O2S/c1-2-9-18-16(22)14-10-23-17(20-14)12-5-3-11(4-6-12)15(21)19-13-7-8-13/h3-6,10,13H,2,7-9H2,1H3,(H,18,22)(H,19,21). The van der Waals surface area contributed by atoms with E-state index in [1.165, 1.54) is 11.3 Å². The fourth-order valence-electron chi connectivity index (χ4n) is 2.10. The van der Waals surface area contributed by atoms with Gasteiger partial charge in [0.15, 0.2) is 0 Å². The third-order valence-electron chi connectivity index (χ3n) is 3.58. The van der Waals surface area contributed by atoms with E-state index in [-0.39, 0.29) is 11.8 Å². The average Bonchev–Trinajstić information content (AvgIpc) is 3.24. The van der Waals surface area contributed by atoms with Crippen molar-refractivity contribution in [1.29, 1.82) is 0 Å². The van der Waals surface area contributed by atoms with Gasteiger partial charge in [0.1, 0.15) is 10.7 Å². The molecule has 5 nitrogen and oxygen atoms in total. The van der Waals surface area contributed by atoms with Gasteiger partial charge in [-0.1, -0.05) is 19.1 Å². The van der Waals surface area contributed by atoms with Crippen LogP contribution in [0.1, 0.15) is 47.0 Å². The maximum atomic E-state index is 12.0. The third kappa shape index (κ3) is 3.96. The number of nitrogens with zero attached hydrogens (tertiary/aromatic N) is 1. The molecule has 1 saturated carbocycles. The van der Waals surface area contributed by atoms with E-state index in [0.29, 0.717) is 23.8 Å². The first kappa shape index (κ1) is 15.7. The number of carbonyl (C=O) groups excluding carboxylic acids is 2. The van der Waals surface area contributed by atoms with Gasteiger partial charge in [0.05, 0.1) is 0 Å². The molecule has 1 fully saturated rings. The summed E-state index contributed by atoms with van der Waals surface area (Å²) in [5.41, 5.74) is 2.00. The van der Waals surface area contributed by atoms with Gasteiger partial charge in [-0.05, 0) is 31.4 Å². The molecule has 0 atom stereocenters. The molecule has 23 heavy (non-hydrogen) atoms. The highest BCUT2D eigenvalue weighted by Gasteiger charge is 2.23. The first-order chi connectivity index (χ1) is 11.2. The Kier molecular flexibility index (Phi) is 4.71. The lowest BCUT2D eigenvalue weighted by Crippen LogP contribution is -2.25. The molecule has 1 aliphatic carbocycles. The molecule has 0 radical (unpaired) electrons. The maximum absolute atomic E-state index is 12.0. The van der Waals surface area contributed by atoms with Crippen LogP contribution in [0.2, 0.25) is 0 Å². The molecule has 1 aromatic carbocycles. The van der Waals surface area contributed by atoms with Gasteiger partial charge in [0, 0.05) is 29.1 Å². The molecule has 3 rings (SSSR count). The van der Waals surface area contributed by atoms with Crippen LogP contribution in [0.15, 0.2) is 29.6 Å². The Morgan fingerprint density at radius 3 is 2.61 bits per heavy atom. The Labute approximate surface area is 139 Å². The molecule has 0 unspecified atom stereocenters. The summed E-state index contributed by atoms with van der Waals surface area (Å²) in [7, 11) is 0. The molecule has 1 aromatic heterocycles. The number of aromatic nitrogens is 1. The molecule has 120 valence electrons. The molecular weight excluding hydrogens is 310 g/mol. The first-order valence-electron chi connectivity index (χ1n) is 7.82. The quantitative estimate of drug-likeness (QED) is 0.856. The number of rotatable bonds is 6. The van der Waals surface area contributed by atoms with Crippen molar-refractivity contribution in [2.45, 2.75) is 32.2 Å². The second-order valence-corrected chi connectivity index (χ2v) is 6.48. The van der Waals surface area contributed by atoms with Crippen LogP contribution in [0.4, 0.5) is 0 Å².